The van der Waals surface area contributed by atoms with E-state index in [0.29, 0.717) is 6.54 Å². The molecule has 0 radical (unpaired) electrons. The summed E-state index contributed by atoms with van der Waals surface area (Å²) in [6.45, 7) is 2.70. The van der Waals surface area contributed by atoms with Crippen molar-refractivity contribution in [2.75, 3.05) is 5.32 Å². The highest BCUT2D eigenvalue weighted by Crippen LogP contribution is 2.27. The van der Waals surface area contributed by atoms with E-state index < -0.39 is 0 Å². The minimum absolute atomic E-state index is 0.605. The van der Waals surface area contributed by atoms with Crippen molar-refractivity contribution in [3.63, 3.8) is 0 Å². The summed E-state index contributed by atoms with van der Waals surface area (Å²) in [5.41, 5.74) is 3.10. The smallest absolute Gasteiger partial charge is 0.154 e. The molecule has 0 saturated carbocycles. The van der Waals surface area contributed by atoms with Gasteiger partial charge in [-0.25, -0.2) is 9.50 Å². The first-order valence-corrected chi connectivity index (χ1v) is 7.84. The van der Waals surface area contributed by atoms with E-state index in [1.807, 2.05) is 35.0 Å². The summed E-state index contributed by atoms with van der Waals surface area (Å²) in [6, 6.07) is 9.85. The molecule has 110 valence electrons. The lowest BCUT2D eigenvalue weighted by Gasteiger charge is -2.05. The van der Waals surface area contributed by atoms with Crippen molar-refractivity contribution in [1.82, 2.24) is 14.6 Å². The van der Waals surface area contributed by atoms with Crippen LogP contribution in [-0.2, 0) is 6.54 Å². The molecule has 0 atom stereocenters. The fourth-order valence-electron chi connectivity index (χ4n) is 2.29. The third-order valence-corrected chi connectivity index (χ3v) is 4.44. The molecule has 0 aliphatic rings. The number of fused-ring (bicyclic) bond motifs is 1. The number of thiophene rings is 1. The summed E-state index contributed by atoms with van der Waals surface area (Å²) >= 11 is 1.70. The molecular formula is C16H14N4OS. The Kier molecular flexibility index (Phi) is 3.16. The van der Waals surface area contributed by atoms with Gasteiger partial charge in [0, 0.05) is 0 Å². The van der Waals surface area contributed by atoms with Gasteiger partial charge in [-0.2, -0.15) is 0 Å². The molecule has 4 rings (SSSR count). The van der Waals surface area contributed by atoms with E-state index >= 15 is 0 Å². The van der Waals surface area contributed by atoms with E-state index in [-0.39, 0.29) is 0 Å². The third kappa shape index (κ3) is 2.37. The molecule has 1 N–H and O–H groups in total. The second kappa shape index (κ2) is 5.31. The van der Waals surface area contributed by atoms with Crippen LogP contribution in [0.25, 0.3) is 16.2 Å². The van der Waals surface area contributed by atoms with Crippen LogP contribution in [0.1, 0.15) is 11.3 Å². The van der Waals surface area contributed by atoms with Crippen LogP contribution in [0.4, 0.5) is 5.82 Å². The van der Waals surface area contributed by atoms with Crippen molar-refractivity contribution in [1.29, 1.82) is 0 Å². The Balaban J connectivity index is 1.67. The average Bonchev–Trinajstić information content (AvgIpc) is 3.25. The summed E-state index contributed by atoms with van der Waals surface area (Å²) in [4.78, 5) is 5.58. The normalized spacial score (nSPS) is 11.1. The second-order valence-electron chi connectivity index (χ2n) is 5.05. The van der Waals surface area contributed by atoms with Crippen molar-refractivity contribution in [3.05, 3.63) is 59.5 Å². The number of hydrogen-bond acceptors (Lipinski definition) is 5. The summed E-state index contributed by atoms with van der Waals surface area (Å²) < 4.78 is 7.19. The largest absolute Gasteiger partial charge is 0.467 e. The Hall–Kier alpha value is -2.60. The SMILES string of the molecule is Cc1csc(-c2cnc3ccc(NCc4ccco4)nn23)c1. The van der Waals surface area contributed by atoms with Crippen molar-refractivity contribution in [3.8, 4) is 10.6 Å². The molecule has 4 heterocycles. The molecule has 0 aromatic carbocycles. The predicted octanol–water partition coefficient (Wildman–Crippen LogP) is 3.97. The molecule has 0 amide bonds. The average molecular weight is 310 g/mol. The molecule has 6 heteroatoms. The molecule has 0 bridgehead atoms. The number of nitrogens with zero attached hydrogens (tertiary/aromatic N) is 3. The van der Waals surface area contributed by atoms with Gasteiger partial charge in [0.1, 0.15) is 17.3 Å². The van der Waals surface area contributed by atoms with Crippen LogP contribution in [0, 0.1) is 6.92 Å². The van der Waals surface area contributed by atoms with Gasteiger partial charge in [0.25, 0.3) is 0 Å². The van der Waals surface area contributed by atoms with Gasteiger partial charge in [-0.15, -0.1) is 16.4 Å². The Bertz CT molecular complexity index is 907. The molecule has 22 heavy (non-hydrogen) atoms. The molecule has 0 aliphatic heterocycles. The van der Waals surface area contributed by atoms with Crippen LogP contribution in [0.3, 0.4) is 0 Å². The van der Waals surface area contributed by atoms with E-state index in [4.69, 9.17) is 4.42 Å². The lowest BCUT2D eigenvalue weighted by Crippen LogP contribution is -2.03. The van der Waals surface area contributed by atoms with E-state index in [1.165, 1.54) is 10.4 Å². The highest BCUT2D eigenvalue weighted by atomic mass is 32.1. The van der Waals surface area contributed by atoms with Crippen molar-refractivity contribution in [2.45, 2.75) is 13.5 Å². The number of furan rings is 1. The molecule has 0 fully saturated rings. The van der Waals surface area contributed by atoms with E-state index in [2.05, 4.69) is 33.8 Å². The summed E-state index contributed by atoms with van der Waals surface area (Å²) in [5, 5.41) is 10.0. The lowest BCUT2D eigenvalue weighted by molar-refractivity contribution is 0.517. The first-order chi connectivity index (χ1) is 10.8. The van der Waals surface area contributed by atoms with Crippen molar-refractivity contribution in [2.24, 2.45) is 0 Å². The summed E-state index contributed by atoms with van der Waals surface area (Å²) in [5.74, 6) is 1.66. The van der Waals surface area contributed by atoms with E-state index in [1.54, 1.807) is 17.6 Å². The van der Waals surface area contributed by atoms with E-state index in [0.717, 1.165) is 22.9 Å². The fourth-order valence-corrected chi connectivity index (χ4v) is 3.19. The van der Waals surface area contributed by atoms with Gasteiger partial charge < -0.3 is 9.73 Å². The van der Waals surface area contributed by atoms with Gasteiger partial charge in [-0.3, -0.25) is 0 Å². The standard InChI is InChI=1S/C16H14N4OS/c1-11-7-14(22-10-11)13-9-18-16-5-4-15(19-20(13)16)17-8-12-3-2-6-21-12/h2-7,9-10H,8H2,1H3,(H,17,19). The highest BCUT2D eigenvalue weighted by Gasteiger charge is 2.09. The van der Waals surface area contributed by atoms with Crippen LogP contribution >= 0.6 is 11.3 Å². The molecular weight excluding hydrogens is 296 g/mol. The Morgan fingerprint density at radius 1 is 1.32 bits per heavy atom. The maximum Gasteiger partial charge on any atom is 0.154 e. The topological polar surface area (TPSA) is 55.4 Å². The Labute approximate surface area is 131 Å². The van der Waals surface area contributed by atoms with Crippen LogP contribution in [0.5, 0.6) is 0 Å². The lowest BCUT2D eigenvalue weighted by atomic mass is 10.3. The van der Waals surface area contributed by atoms with Gasteiger partial charge in [0.15, 0.2) is 5.65 Å². The minimum atomic E-state index is 0.605. The Morgan fingerprint density at radius 2 is 2.27 bits per heavy atom. The zero-order valence-electron chi connectivity index (χ0n) is 12.0. The number of nitrogens with one attached hydrogen (secondary N) is 1. The van der Waals surface area contributed by atoms with Gasteiger partial charge >= 0.3 is 0 Å². The zero-order chi connectivity index (χ0) is 14.9. The van der Waals surface area contributed by atoms with Crippen molar-refractivity contribution >= 4 is 22.8 Å². The number of rotatable bonds is 4. The van der Waals surface area contributed by atoms with Gasteiger partial charge in [0.05, 0.1) is 23.9 Å². The number of anilines is 1. The van der Waals surface area contributed by atoms with Crippen LogP contribution in [-0.4, -0.2) is 14.6 Å². The van der Waals surface area contributed by atoms with Crippen molar-refractivity contribution < 1.29 is 4.42 Å². The predicted molar refractivity (Wildman–Crippen MR) is 87.1 cm³/mol. The number of imidazole rings is 1. The number of aromatic nitrogens is 3. The maximum absolute atomic E-state index is 5.32. The minimum Gasteiger partial charge on any atom is -0.467 e. The molecule has 0 spiro atoms. The molecule has 0 unspecified atom stereocenters. The number of hydrogen-bond donors (Lipinski definition) is 1. The number of aryl methyl sites for hydroxylation is 1. The fraction of sp³-hybridized carbons (Fsp3) is 0.125. The molecule has 0 saturated heterocycles. The van der Waals surface area contributed by atoms with Crippen LogP contribution in [0.2, 0.25) is 0 Å². The van der Waals surface area contributed by atoms with Gasteiger partial charge in [0.2, 0.25) is 0 Å². The highest BCUT2D eigenvalue weighted by molar-refractivity contribution is 7.13. The third-order valence-electron chi connectivity index (χ3n) is 3.37. The molecule has 4 aromatic heterocycles. The Morgan fingerprint density at radius 3 is 3.05 bits per heavy atom. The maximum atomic E-state index is 5.32. The quantitative estimate of drug-likeness (QED) is 0.619. The van der Waals surface area contributed by atoms with Crippen LogP contribution in [0.15, 0.2) is 52.6 Å². The first kappa shape index (κ1) is 13.1. The van der Waals surface area contributed by atoms with Crippen LogP contribution < -0.4 is 5.32 Å². The summed E-state index contributed by atoms with van der Waals surface area (Å²) in [6.07, 6.45) is 3.53. The zero-order valence-corrected chi connectivity index (χ0v) is 12.8. The molecule has 5 nitrogen and oxygen atoms in total. The second-order valence-corrected chi connectivity index (χ2v) is 5.96. The molecule has 0 aliphatic carbocycles. The van der Waals surface area contributed by atoms with Gasteiger partial charge in [-0.1, -0.05) is 0 Å². The van der Waals surface area contributed by atoms with E-state index in [9.17, 15) is 0 Å². The monoisotopic (exact) mass is 310 g/mol. The summed E-state index contributed by atoms with van der Waals surface area (Å²) in [7, 11) is 0. The first-order valence-electron chi connectivity index (χ1n) is 6.96. The van der Waals surface area contributed by atoms with Gasteiger partial charge in [-0.05, 0) is 48.2 Å². The molecule has 4 aromatic rings.